The highest BCUT2D eigenvalue weighted by atomic mass is 19.3. The van der Waals surface area contributed by atoms with E-state index in [1.807, 2.05) is 19.9 Å². The fourth-order valence-corrected chi connectivity index (χ4v) is 3.69. The molecule has 0 saturated carbocycles. The number of hydrogen-bond donors (Lipinski definition) is 1. The molecular weight excluding hydrogens is 445 g/mol. The molecule has 0 aliphatic carbocycles. The Morgan fingerprint density at radius 3 is 2.50 bits per heavy atom. The molecule has 3 heterocycles. The largest absolute Gasteiger partial charge is 0.349 e. The number of alkyl halides is 2. The number of hydrogen-bond acceptors (Lipinski definition) is 6. The van der Waals surface area contributed by atoms with Crippen LogP contribution in [0.3, 0.4) is 0 Å². The van der Waals surface area contributed by atoms with Gasteiger partial charge in [0.15, 0.2) is 5.82 Å². The summed E-state index contributed by atoms with van der Waals surface area (Å²) in [6, 6.07) is 9.02. The summed E-state index contributed by atoms with van der Waals surface area (Å²) in [5, 5.41) is 12.2. The van der Waals surface area contributed by atoms with Gasteiger partial charge in [-0.2, -0.15) is 5.26 Å². The summed E-state index contributed by atoms with van der Waals surface area (Å²) in [6.45, 7) is 3.15. The van der Waals surface area contributed by atoms with E-state index in [1.54, 1.807) is 6.07 Å². The van der Waals surface area contributed by atoms with E-state index in [9.17, 15) is 23.2 Å². The van der Waals surface area contributed by atoms with Crippen LogP contribution in [-0.2, 0) is 0 Å². The highest BCUT2D eigenvalue weighted by Gasteiger charge is 2.40. The van der Waals surface area contributed by atoms with Gasteiger partial charge in [0.25, 0.3) is 11.8 Å². The first-order valence-corrected chi connectivity index (χ1v) is 10.6. The van der Waals surface area contributed by atoms with E-state index in [-0.39, 0.29) is 46.4 Å². The van der Waals surface area contributed by atoms with Gasteiger partial charge in [0, 0.05) is 42.4 Å². The lowest BCUT2D eigenvalue weighted by molar-refractivity contribution is 0.0257. The van der Waals surface area contributed by atoms with Crippen LogP contribution in [0.15, 0.2) is 42.7 Å². The first-order valence-electron chi connectivity index (χ1n) is 10.6. The Morgan fingerprint density at radius 2 is 1.91 bits per heavy atom. The molecule has 0 bridgehead atoms. The maximum Gasteiger partial charge on any atom is 0.266 e. The molecule has 0 spiro atoms. The second-order valence-electron chi connectivity index (χ2n) is 8.31. The van der Waals surface area contributed by atoms with Crippen LogP contribution in [0, 0.1) is 17.1 Å². The molecule has 0 atom stereocenters. The lowest BCUT2D eigenvalue weighted by Crippen LogP contribution is -2.27. The molecule has 1 saturated heterocycles. The van der Waals surface area contributed by atoms with Gasteiger partial charge < -0.3 is 10.2 Å². The van der Waals surface area contributed by atoms with E-state index < -0.39 is 30.6 Å². The van der Waals surface area contributed by atoms with Gasteiger partial charge in [-0.1, -0.05) is 32.0 Å². The number of nitrogens with zero attached hydrogens (tertiary/aromatic N) is 5. The van der Waals surface area contributed by atoms with Crippen LogP contribution in [-0.4, -0.2) is 39.9 Å². The molecule has 7 nitrogen and oxygen atoms in total. The summed E-state index contributed by atoms with van der Waals surface area (Å²) in [5.74, 6) is -3.58. The number of pyridine rings is 1. The number of carbonyl (C=O) groups is 1. The van der Waals surface area contributed by atoms with Gasteiger partial charge in [0.1, 0.15) is 23.4 Å². The van der Waals surface area contributed by atoms with E-state index >= 15 is 0 Å². The summed E-state index contributed by atoms with van der Waals surface area (Å²) in [5.41, 5.74) is 0.315. The minimum atomic E-state index is -2.95. The third kappa shape index (κ3) is 4.69. The smallest absolute Gasteiger partial charge is 0.266 e. The summed E-state index contributed by atoms with van der Waals surface area (Å²) >= 11 is 0. The van der Waals surface area contributed by atoms with Crippen molar-refractivity contribution in [1.82, 2.24) is 15.0 Å². The van der Waals surface area contributed by atoms with Crippen LogP contribution in [0.2, 0.25) is 0 Å². The summed E-state index contributed by atoms with van der Waals surface area (Å²) < 4.78 is 42.8. The number of anilines is 2. The SMILES string of the molecule is CC(C)c1ncc(C(=O)Nc2c(-c3ccccc3F)cc(C#N)nc2N2CCC(F)(F)C2)cn1. The third-order valence-corrected chi connectivity index (χ3v) is 5.44. The Morgan fingerprint density at radius 1 is 1.21 bits per heavy atom. The number of carbonyl (C=O) groups excluding carboxylic acids is 1. The van der Waals surface area contributed by atoms with Gasteiger partial charge in [-0.3, -0.25) is 4.79 Å². The van der Waals surface area contributed by atoms with Gasteiger partial charge in [-0.25, -0.2) is 28.1 Å². The van der Waals surface area contributed by atoms with Crippen molar-refractivity contribution in [3.63, 3.8) is 0 Å². The monoisotopic (exact) mass is 466 g/mol. The van der Waals surface area contributed by atoms with E-state index in [1.165, 1.54) is 41.6 Å². The van der Waals surface area contributed by atoms with Crippen LogP contribution >= 0.6 is 0 Å². The minimum Gasteiger partial charge on any atom is -0.349 e. The molecule has 1 aliphatic heterocycles. The van der Waals surface area contributed by atoms with E-state index in [0.717, 1.165) is 0 Å². The van der Waals surface area contributed by atoms with Crippen molar-refractivity contribution in [3.05, 3.63) is 65.6 Å². The Bertz CT molecular complexity index is 1270. The normalized spacial score (nSPS) is 14.8. The number of benzene rings is 1. The number of rotatable bonds is 5. The second kappa shape index (κ2) is 9.09. The maximum absolute atomic E-state index is 14.7. The van der Waals surface area contributed by atoms with Gasteiger partial charge in [0.05, 0.1) is 17.8 Å². The molecule has 10 heteroatoms. The average Bonchev–Trinajstić information content (AvgIpc) is 3.19. The number of halogens is 3. The van der Waals surface area contributed by atoms with Crippen molar-refractivity contribution in [3.8, 4) is 17.2 Å². The molecule has 1 amide bonds. The van der Waals surface area contributed by atoms with Crippen molar-refractivity contribution in [2.75, 3.05) is 23.3 Å². The standard InChI is InChI=1S/C24H21F3N6O/c1-14(2)21-29-11-15(12-30-21)23(34)32-20-18(17-5-3-4-6-19(17)25)9-16(10-28)31-22(20)33-8-7-24(26,27)13-33/h3-6,9,11-12,14H,7-8,13H2,1-2H3,(H,32,34). The van der Waals surface area contributed by atoms with Gasteiger partial charge >= 0.3 is 0 Å². The van der Waals surface area contributed by atoms with Crippen LogP contribution in [0.5, 0.6) is 0 Å². The quantitative estimate of drug-likeness (QED) is 0.582. The number of nitrogens with one attached hydrogen (secondary N) is 1. The van der Waals surface area contributed by atoms with Crippen molar-refractivity contribution in [2.24, 2.45) is 0 Å². The van der Waals surface area contributed by atoms with Crippen molar-refractivity contribution in [1.29, 1.82) is 5.26 Å². The summed E-state index contributed by atoms with van der Waals surface area (Å²) in [4.78, 5) is 26.9. The fraction of sp³-hybridized carbons (Fsp3) is 0.292. The zero-order valence-electron chi connectivity index (χ0n) is 18.5. The first kappa shape index (κ1) is 23.2. The Hall–Kier alpha value is -4.00. The number of nitriles is 1. The minimum absolute atomic E-state index is 0.0254. The fourth-order valence-electron chi connectivity index (χ4n) is 3.69. The Kier molecular flexibility index (Phi) is 6.20. The molecule has 174 valence electrons. The first-order chi connectivity index (χ1) is 16.2. The second-order valence-corrected chi connectivity index (χ2v) is 8.31. The predicted molar refractivity (Wildman–Crippen MR) is 120 cm³/mol. The lowest BCUT2D eigenvalue weighted by atomic mass is 10.0. The molecular formula is C24H21F3N6O. The zero-order valence-corrected chi connectivity index (χ0v) is 18.5. The highest BCUT2D eigenvalue weighted by molar-refractivity contribution is 6.08. The van der Waals surface area contributed by atoms with Crippen LogP contribution in [0.4, 0.5) is 24.7 Å². The molecule has 34 heavy (non-hydrogen) atoms. The Balaban J connectivity index is 1.83. The van der Waals surface area contributed by atoms with E-state index in [2.05, 4.69) is 20.3 Å². The topological polar surface area (TPSA) is 94.8 Å². The maximum atomic E-state index is 14.7. The molecule has 3 aromatic rings. The molecule has 1 aliphatic rings. The van der Waals surface area contributed by atoms with Crippen molar-refractivity contribution in [2.45, 2.75) is 32.1 Å². The van der Waals surface area contributed by atoms with Crippen LogP contribution in [0.1, 0.15) is 48.1 Å². The van der Waals surface area contributed by atoms with Gasteiger partial charge in [-0.15, -0.1) is 0 Å². The molecule has 0 radical (unpaired) electrons. The molecule has 2 aromatic heterocycles. The third-order valence-electron chi connectivity index (χ3n) is 5.44. The number of aromatic nitrogens is 3. The molecule has 1 aromatic carbocycles. The van der Waals surface area contributed by atoms with Crippen LogP contribution in [0.25, 0.3) is 11.1 Å². The van der Waals surface area contributed by atoms with E-state index in [0.29, 0.717) is 5.82 Å². The average molecular weight is 466 g/mol. The highest BCUT2D eigenvalue weighted by Crippen LogP contribution is 2.40. The molecule has 0 unspecified atom stereocenters. The van der Waals surface area contributed by atoms with Crippen molar-refractivity contribution < 1.29 is 18.0 Å². The van der Waals surface area contributed by atoms with Gasteiger partial charge in [0.2, 0.25) is 0 Å². The zero-order chi connectivity index (χ0) is 24.5. The van der Waals surface area contributed by atoms with Crippen LogP contribution < -0.4 is 10.2 Å². The van der Waals surface area contributed by atoms with E-state index in [4.69, 9.17) is 0 Å². The Labute approximate surface area is 194 Å². The predicted octanol–water partition coefficient (Wildman–Crippen LogP) is 4.77. The van der Waals surface area contributed by atoms with Gasteiger partial charge in [-0.05, 0) is 12.1 Å². The summed E-state index contributed by atoms with van der Waals surface area (Å²) in [6.07, 6.45) is 2.32. The molecule has 1 fully saturated rings. The summed E-state index contributed by atoms with van der Waals surface area (Å²) in [7, 11) is 0. The van der Waals surface area contributed by atoms with Crippen molar-refractivity contribution >= 4 is 17.4 Å². The number of amides is 1. The lowest BCUT2D eigenvalue weighted by Gasteiger charge is -2.23. The molecule has 1 N–H and O–H groups in total. The molecule has 4 rings (SSSR count).